The van der Waals surface area contributed by atoms with Gasteiger partial charge in [0.25, 0.3) is 5.91 Å². The van der Waals surface area contributed by atoms with Gasteiger partial charge in [-0.1, -0.05) is 42.1 Å². The summed E-state index contributed by atoms with van der Waals surface area (Å²) in [6.45, 7) is 2.33. The fourth-order valence-electron chi connectivity index (χ4n) is 4.71. The van der Waals surface area contributed by atoms with Gasteiger partial charge in [-0.15, -0.1) is 0 Å². The number of hydrogen-bond donors (Lipinski definition) is 2. The average molecular weight is 540 g/mol. The van der Waals surface area contributed by atoms with E-state index in [2.05, 4.69) is 33.2 Å². The number of imidazole rings is 1. The van der Waals surface area contributed by atoms with E-state index in [0.717, 1.165) is 41.4 Å². The lowest BCUT2D eigenvalue weighted by atomic mass is 9.74. The van der Waals surface area contributed by atoms with E-state index in [1.54, 1.807) is 40.8 Å². The van der Waals surface area contributed by atoms with Gasteiger partial charge in [-0.2, -0.15) is 0 Å². The van der Waals surface area contributed by atoms with Crippen molar-refractivity contribution in [3.63, 3.8) is 0 Å². The van der Waals surface area contributed by atoms with Gasteiger partial charge in [-0.05, 0) is 55.3 Å². The SMILES string of the molecule is CN(C(=O)C1(C)CCCCC1)c1ccc2c(c1)nc(NC(=O)c1ccc(Br)cc1)n2CCC(N)=O. The normalized spacial score (nSPS) is 15.1. The quantitative estimate of drug-likeness (QED) is 0.446. The molecule has 2 aromatic carbocycles. The second-order valence-electron chi connectivity index (χ2n) is 9.42. The zero-order valence-electron chi connectivity index (χ0n) is 20.0. The van der Waals surface area contributed by atoms with E-state index in [9.17, 15) is 14.4 Å². The molecule has 1 aliphatic rings. The second kappa shape index (κ2) is 10.2. The second-order valence-corrected chi connectivity index (χ2v) is 10.3. The summed E-state index contributed by atoms with van der Waals surface area (Å²) in [5.41, 5.74) is 7.60. The van der Waals surface area contributed by atoms with Crippen LogP contribution in [0.25, 0.3) is 11.0 Å². The van der Waals surface area contributed by atoms with Crippen molar-refractivity contribution < 1.29 is 14.4 Å². The molecule has 3 amide bonds. The van der Waals surface area contributed by atoms with E-state index in [0.29, 0.717) is 17.0 Å². The molecule has 3 N–H and O–H groups in total. The van der Waals surface area contributed by atoms with Gasteiger partial charge in [-0.25, -0.2) is 4.98 Å². The Kier molecular flexibility index (Phi) is 7.25. The molecule has 35 heavy (non-hydrogen) atoms. The summed E-state index contributed by atoms with van der Waals surface area (Å²) in [6, 6.07) is 12.6. The van der Waals surface area contributed by atoms with E-state index in [-0.39, 0.29) is 30.2 Å². The highest BCUT2D eigenvalue weighted by molar-refractivity contribution is 9.10. The minimum absolute atomic E-state index is 0.102. The number of amides is 3. The molecule has 1 heterocycles. The summed E-state index contributed by atoms with van der Waals surface area (Å²) in [6.07, 6.45) is 5.21. The largest absolute Gasteiger partial charge is 0.370 e. The number of anilines is 2. The molecule has 3 aromatic rings. The van der Waals surface area contributed by atoms with Crippen LogP contribution in [0.3, 0.4) is 0 Å². The molecule has 1 aliphatic carbocycles. The Morgan fingerprint density at radius 2 is 1.80 bits per heavy atom. The summed E-state index contributed by atoms with van der Waals surface area (Å²) in [7, 11) is 1.80. The maximum Gasteiger partial charge on any atom is 0.257 e. The number of rotatable bonds is 7. The molecule has 184 valence electrons. The van der Waals surface area contributed by atoms with Crippen LogP contribution in [0.5, 0.6) is 0 Å². The summed E-state index contributed by atoms with van der Waals surface area (Å²) in [5, 5.41) is 2.85. The number of carbonyl (C=O) groups is 3. The van der Waals surface area contributed by atoms with E-state index < -0.39 is 5.91 Å². The lowest BCUT2D eigenvalue weighted by Gasteiger charge is -2.35. The number of hydrogen-bond acceptors (Lipinski definition) is 4. The van der Waals surface area contributed by atoms with Crippen molar-refractivity contribution >= 4 is 56.3 Å². The lowest BCUT2D eigenvalue weighted by Crippen LogP contribution is -2.41. The van der Waals surface area contributed by atoms with Gasteiger partial charge >= 0.3 is 0 Å². The number of benzene rings is 2. The Morgan fingerprint density at radius 1 is 1.11 bits per heavy atom. The predicted octanol–water partition coefficient (Wildman–Crippen LogP) is 4.86. The Labute approximate surface area is 213 Å². The molecule has 1 saturated carbocycles. The zero-order valence-corrected chi connectivity index (χ0v) is 21.6. The molecule has 0 atom stereocenters. The lowest BCUT2D eigenvalue weighted by molar-refractivity contribution is -0.128. The third-order valence-electron chi connectivity index (χ3n) is 6.81. The van der Waals surface area contributed by atoms with Crippen molar-refractivity contribution in [2.24, 2.45) is 11.1 Å². The van der Waals surface area contributed by atoms with Crippen LogP contribution < -0.4 is 16.0 Å². The van der Waals surface area contributed by atoms with E-state index in [4.69, 9.17) is 5.73 Å². The van der Waals surface area contributed by atoms with Crippen LogP contribution in [-0.2, 0) is 16.1 Å². The molecule has 0 aliphatic heterocycles. The Bertz CT molecular complexity index is 1260. The summed E-state index contributed by atoms with van der Waals surface area (Å²) < 4.78 is 2.64. The third kappa shape index (κ3) is 5.40. The maximum atomic E-state index is 13.3. The zero-order chi connectivity index (χ0) is 25.2. The minimum atomic E-state index is -0.445. The molecule has 8 nitrogen and oxygen atoms in total. The number of fused-ring (bicyclic) bond motifs is 1. The van der Waals surface area contributed by atoms with Gasteiger partial charge in [0.2, 0.25) is 17.8 Å². The van der Waals surface area contributed by atoms with Crippen molar-refractivity contribution in [3.8, 4) is 0 Å². The van der Waals surface area contributed by atoms with Gasteiger partial charge in [-0.3, -0.25) is 19.7 Å². The highest BCUT2D eigenvalue weighted by atomic mass is 79.9. The van der Waals surface area contributed by atoms with Crippen LogP contribution in [0.2, 0.25) is 0 Å². The highest BCUT2D eigenvalue weighted by Gasteiger charge is 2.37. The summed E-state index contributed by atoms with van der Waals surface area (Å²) in [4.78, 5) is 44.0. The number of halogens is 1. The van der Waals surface area contributed by atoms with Crippen LogP contribution in [0, 0.1) is 5.41 Å². The number of aryl methyl sites for hydroxylation is 1. The number of nitrogens with one attached hydrogen (secondary N) is 1. The molecule has 9 heteroatoms. The first-order valence-electron chi connectivity index (χ1n) is 11.8. The van der Waals surface area contributed by atoms with Gasteiger partial charge in [0.05, 0.1) is 11.0 Å². The molecule has 1 aromatic heterocycles. The highest BCUT2D eigenvalue weighted by Crippen LogP contribution is 2.38. The number of aromatic nitrogens is 2. The fraction of sp³-hybridized carbons (Fsp3) is 0.385. The third-order valence-corrected chi connectivity index (χ3v) is 7.34. The van der Waals surface area contributed by atoms with Crippen LogP contribution in [0.15, 0.2) is 46.9 Å². The summed E-state index contributed by atoms with van der Waals surface area (Å²) >= 11 is 3.37. The smallest absolute Gasteiger partial charge is 0.257 e. The Hall–Kier alpha value is -3.20. The van der Waals surface area contributed by atoms with Gasteiger partial charge in [0, 0.05) is 41.2 Å². The monoisotopic (exact) mass is 539 g/mol. The molecule has 4 rings (SSSR count). The number of carbonyl (C=O) groups excluding carboxylic acids is 3. The topological polar surface area (TPSA) is 110 Å². The average Bonchev–Trinajstić information content (AvgIpc) is 3.18. The molecule has 0 radical (unpaired) electrons. The molecule has 0 spiro atoms. The van der Waals surface area contributed by atoms with Crippen LogP contribution in [0.1, 0.15) is 55.8 Å². The van der Waals surface area contributed by atoms with Crippen molar-refractivity contribution in [2.45, 2.75) is 52.0 Å². The van der Waals surface area contributed by atoms with Gasteiger partial charge < -0.3 is 15.2 Å². The van der Waals surface area contributed by atoms with Gasteiger partial charge in [0.1, 0.15) is 0 Å². The molecule has 0 bridgehead atoms. The standard InChI is InChI=1S/C26H30BrN5O3/c1-26(13-4-3-5-14-26)24(35)31(2)19-10-11-21-20(16-19)29-25(32(21)15-12-22(28)33)30-23(34)17-6-8-18(27)9-7-17/h6-11,16H,3-5,12-15H2,1-2H3,(H2,28,33)(H,29,30,34). The molecule has 0 unspecified atom stereocenters. The number of nitrogens with two attached hydrogens (primary N) is 1. The van der Waals surface area contributed by atoms with E-state index >= 15 is 0 Å². The molecule has 0 saturated heterocycles. The van der Waals surface area contributed by atoms with Crippen molar-refractivity contribution in [1.82, 2.24) is 9.55 Å². The van der Waals surface area contributed by atoms with Crippen LogP contribution >= 0.6 is 15.9 Å². The first-order chi connectivity index (χ1) is 16.7. The van der Waals surface area contributed by atoms with Crippen molar-refractivity contribution in [2.75, 3.05) is 17.3 Å². The van der Waals surface area contributed by atoms with E-state index in [1.165, 1.54) is 6.42 Å². The van der Waals surface area contributed by atoms with Gasteiger partial charge in [0.15, 0.2) is 0 Å². The van der Waals surface area contributed by atoms with Crippen LogP contribution in [-0.4, -0.2) is 34.3 Å². The molecular formula is C26H30BrN5O3. The van der Waals surface area contributed by atoms with Crippen molar-refractivity contribution in [3.05, 3.63) is 52.5 Å². The Morgan fingerprint density at radius 3 is 2.46 bits per heavy atom. The van der Waals surface area contributed by atoms with Crippen LogP contribution in [0.4, 0.5) is 11.6 Å². The van der Waals surface area contributed by atoms with E-state index in [1.807, 2.05) is 18.2 Å². The number of primary amides is 1. The number of nitrogens with zero attached hydrogens (tertiary/aromatic N) is 3. The van der Waals surface area contributed by atoms with Crippen molar-refractivity contribution in [1.29, 1.82) is 0 Å². The minimum Gasteiger partial charge on any atom is -0.370 e. The predicted molar refractivity (Wildman–Crippen MR) is 140 cm³/mol. The molecule has 1 fully saturated rings. The molecular weight excluding hydrogens is 510 g/mol. The maximum absolute atomic E-state index is 13.3. The fourth-order valence-corrected chi connectivity index (χ4v) is 4.98. The summed E-state index contributed by atoms with van der Waals surface area (Å²) in [5.74, 6) is -0.335. The first-order valence-corrected chi connectivity index (χ1v) is 12.6. The Balaban J connectivity index is 1.65. The first kappa shape index (κ1) is 24.9.